The van der Waals surface area contributed by atoms with Crippen LogP contribution in [0.3, 0.4) is 0 Å². The standard InChI is InChI=1S/C20H25N7S2/c1-15(2)16-4-6-17(7-5-16)23-19-24-27(20(28)29-19)14-25-10-12-26(13-11-25)18-21-8-3-9-22-18/h3-9,15H,10-14H2,1-2H3,(H,23,24). The van der Waals surface area contributed by atoms with E-state index in [1.54, 1.807) is 12.4 Å². The van der Waals surface area contributed by atoms with Crippen molar-refractivity contribution in [2.24, 2.45) is 0 Å². The van der Waals surface area contributed by atoms with Crippen molar-refractivity contribution in [2.45, 2.75) is 26.4 Å². The van der Waals surface area contributed by atoms with E-state index in [0.717, 1.165) is 46.9 Å². The van der Waals surface area contributed by atoms with Crippen LogP contribution in [0.25, 0.3) is 0 Å². The van der Waals surface area contributed by atoms with Crippen LogP contribution < -0.4 is 10.2 Å². The van der Waals surface area contributed by atoms with E-state index in [1.807, 2.05) is 10.7 Å². The highest BCUT2D eigenvalue weighted by Gasteiger charge is 2.19. The maximum atomic E-state index is 5.53. The van der Waals surface area contributed by atoms with Crippen LogP contribution in [0.2, 0.25) is 0 Å². The van der Waals surface area contributed by atoms with Crippen molar-refractivity contribution in [1.29, 1.82) is 0 Å². The molecule has 0 spiro atoms. The Kier molecular flexibility index (Phi) is 6.17. The van der Waals surface area contributed by atoms with Crippen molar-refractivity contribution in [1.82, 2.24) is 24.6 Å². The Hall–Kier alpha value is -2.36. The van der Waals surface area contributed by atoms with Gasteiger partial charge < -0.3 is 10.2 Å². The highest BCUT2D eigenvalue weighted by molar-refractivity contribution is 7.73. The van der Waals surface area contributed by atoms with Crippen molar-refractivity contribution < 1.29 is 0 Å². The summed E-state index contributed by atoms with van der Waals surface area (Å²) >= 11 is 7.04. The van der Waals surface area contributed by atoms with Crippen molar-refractivity contribution >= 4 is 40.3 Å². The number of benzene rings is 1. The third kappa shape index (κ3) is 4.98. The third-order valence-electron chi connectivity index (χ3n) is 4.98. The lowest BCUT2D eigenvalue weighted by molar-refractivity contribution is 0.194. The van der Waals surface area contributed by atoms with Crippen molar-refractivity contribution in [3.05, 3.63) is 52.2 Å². The Morgan fingerprint density at radius 3 is 2.41 bits per heavy atom. The monoisotopic (exact) mass is 427 g/mol. The summed E-state index contributed by atoms with van der Waals surface area (Å²) in [7, 11) is 0. The van der Waals surface area contributed by atoms with Gasteiger partial charge in [0.05, 0.1) is 6.67 Å². The number of nitrogens with one attached hydrogen (secondary N) is 1. The van der Waals surface area contributed by atoms with Crippen molar-refractivity contribution in [3.63, 3.8) is 0 Å². The Morgan fingerprint density at radius 2 is 1.76 bits per heavy atom. The van der Waals surface area contributed by atoms with Crippen LogP contribution in [0, 0.1) is 3.95 Å². The van der Waals surface area contributed by atoms with Crippen molar-refractivity contribution in [3.8, 4) is 0 Å². The molecule has 9 heteroatoms. The average Bonchev–Trinajstić information content (AvgIpc) is 3.08. The van der Waals surface area contributed by atoms with Crippen molar-refractivity contribution in [2.75, 3.05) is 36.4 Å². The molecule has 0 radical (unpaired) electrons. The number of hydrogen-bond donors (Lipinski definition) is 1. The Morgan fingerprint density at radius 1 is 1.07 bits per heavy atom. The minimum atomic E-state index is 0.527. The molecule has 1 fully saturated rings. The molecule has 0 atom stereocenters. The Bertz CT molecular complexity index is 974. The zero-order valence-electron chi connectivity index (χ0n) is 16.7. The van der Waals surface area contributed by atoms with Gasteiger partial charge in [0.25, 0.3) is 0 Å². The highest BCUT2D eigenvalue weighted by atomic mass is 32.1. The Balaban J connectivity index is 1.34. The molecule has 29 heavy (non-hydrogen) atoms. The molecule has 1 aromatic carbocycles. The minimum absolute atomic E-state index is 0.527. The number of piperazine rings is 1. The number of anilines is 3. The van der Waals surface area contributed by atoms with E-state index in [0.29, 0.717) is 12.6 Å². The summed E-state index contributed by atoms with van der Waals surface area (Å²) in [5, 5.41) is 8.87. The molecule has 1 aliphatic rings. The average molecular weight is 428 g/mol. The van der Waals surface area contributed by atoms with E-state index in [1.165, 1.54) is 16.9 Å². The van der Waals surface area contributed by atoms with Gasteiger partial charge in [-0.3, -0.25) is 4.90 Å². The summed E-state index contributed by atoms with van der Waals surface area (Å²) in [5.41, 5.74) is 2.36. The fourth-order valence-corrected chi connectivity index (χ4v) is 4.27. The van der Waals surface area contributed by atoms with E-state index in [2.05, 4.69) is 68.3 Å². The van der Waals surface area contributed by atoms with Crippen LogP contribution in [0.5, 0.6) is 0 Å². The maximum Gasteiger partial charge on any atom is 0.225 e. The molecular formula is C20H25N7S2. The van der Waals surface area contributed by atoms with Gasteiger partial charge in [0, 0.05) is 44.3 Å². The summed E-state index contributed by atoms with van der Waals surface area (Å²) < 4.78 is 2.68. The first kappa shape index (κ1) is 19.9. The number of rotatable bonds is 6. The molecule has 7 nitrogen and oxygen atoms in total. The fraction of sp³-hybridized carbons (Fsp3) is 0.400. The molecule has 2 aromatic heterocycles. The lowest BCUT2D eigenvalue weighted by Crippen LogP contribution is -2.47. The second kappa shape index (κ2) is 8.98. The zero-order chi connectivity index (χ0) is 20.2. The molecule has 0 unspecified atom stereocenters. The highest BCUT2D eigenvalue weighted by Crippen LogP contribution is 2.23. The van der Waals surface area contributed by atoms with Crippen LogP contribution in [0.1, 0.15) is 25.3 Å². The molecule has 0 saturated carbocycles. The zero-order valence-corrected chi connectivity index (χ0v) is 18.3. The predicted molar refractivity (Wildman–Crippen MR) is 121 cm³/mol. The van der Waals surface area contributed by atoms with Gasteiger partial charge in [-0.25, -0.2) is 14.6 Å². The van der Waals surface area contributed by atoms with Crippen LogP contribution in [0.15, 0.2) is 42.7 Å². The van der Waals surface area contributed by atoms with Gasteiger partial charge in [-0.05, 0) is 41.9 Å². The van der Waals surface area contributed by atoms with E-state index in [-0.39, 0.29) is 0 Å². The van der Waals surface area contributed by atoms with E-state index < -0.39 is 0 Å². The number of nitrogens with zero attached hydrogens (tertiary/aromatic N) is 6. The molecule has 3 aromatic rings. The van der Waals surface area contributed by atoms with Gasteiger partial charge in [0.1, 0.15) is 0 Å². The lowest BCUT2D eigenvalue weighted by atomic mass is 10.0. The molecule has 0 bridgehead atoms. The van der Waals surface area contributed by atoms with Gasteiger partial charge in [-0.1, -0.05) is 37.3 Å². The number of aromatic nitrogens is 4. The topological polar surface area (TPSA) is 62.1 Å². The summed E-state index contributed by atoms with van der Waals surface area (Å²) in [5.74, 6) is 1.33. The normalized spacial score (nSPS) is 15.1. The predicted octanol–water partition coefficient (Wildman–Crippen LogP) is 4.11. The second-order valence-corrected chi connectivity index (χ2v) is 8.99. The second-order valence-electron chi connectivity index (χ2n) is 7.37. The SMILES string of the molecule is CC(C)c1ccc(Nc2nn(CN3CCN(c4ncccn4)CC3)c(=S)s2)cc1. The quantitative estimate of drug-likeness (QED) is 0.594. The first-order valence-electron chi connectivity index (χ1n) is 9.78. The van der Waals surface area contributed by atoms with Gasteiger partial charge in [0.15, 0.2) is 3.95 Å². The van der Waals surface area contributed by atoms with Crippen LogP contribution in [-0.2, 0) is 6.67 Å². The van der Waals surface area contributed by atoms with E-state index in [9.17, 15) is 0 Å². The fourth-order valence-electron chi connectivity index (χ4n) is 3.25. The molecule has 0 aliphatic carbocycles. The van der Waals surface area contributed by atoms with Gasteiger partial charge in [0.2, 0.25) is 11.1 Å². The van der Waals surface area contributed by atoms with E-state index in [4.69, 9.17) is 12.2 Å². The molecule has 3 heterocycles. The third-order valence-corrected chi connectivity index (χ3v) is 6.20. The molecule has 0 amide bonds. The largest absolute Gasteiger partial charge is 0.338 e. The first-order chi connectivity index (χ1) is 14.1. The molecule has 1 aliphatic heterocycles. The summed E-state index contributed by atoms with van der Waals surface area (Å²) in [6, 6.07) is 10.3. The smallest absolute Gasteiger partial charge is 0.225 e. The lowest BCUT2D eigenvalue weighted by Gasteiger charge is -2.34. The molecule has 1 saturated heterocycles. The Labute approximate surface area is 180 Å². The van der Waals surface area contributed by atoms with Crippen LogP contribution in [0.4, 0.5) is 16.8 Å². The van der Waals surface area contributed by atoms with Gasteiger partial charge in [-0.2, -0.15) is 0 Å². The maximum absolute atomic E-state index is 5.53. The summed E-state index contributed by atoms with van der Waals surface area (Å²) in [6.07, 6.45) is 3.57. The molecular weight excluding hydrogens is 402 g/mol. The number of hydrogen-bond acceptors (Lipinski definition) is 8. The summed E-state index contributed by atoms with van der Waals surface area (Å²) in [4.78, 5) is 13.2. The molecule has 152 valence electrons. The van der Waals surface area contributed by atoms with E-state index >= 15 is 0 Å². The van der Waals surface area contributed by atoms with Crippen LogP contribution >= 0.6 is 23.6 Å². The van der Waals surface area contributed by atoms with Gasteiger partial charge in [-0.15, -0.1) is 5.10 Å². The molecule has 4 rings (SSSR count). The first-order valence-corrected chi connectivity index (χ1v) is 11.0. The summed E-state index contributed by atoms with van der Waals surface area (Å²) in [6.45, 7) is 8.75. The minimum Gasteiger partial charge on any atom is -0.338 e. The molecule has 1 N–H and O–H groups in total. The van der Waals surface area contributed by atoms with Gasteiger partial charge >= 0.3 is 0 Å². The van der Waals surface area contributed by atoms with Crippen LogP contribution in [-0.4, -0.2) is 50.8 Å².